The van der Waals surface area contributed by atoms with Crippen molar-refractivity contribution in [1.82, 2.24) is 10.3 Å². The lowest BCUT2D eigenvalue weighted by Gasteiger charge is -2.37. The van der Waals surface area contributed by atoms with E-state index in [0.29, 0.717) is 5.92 Å². The van der Waals surface area contributed by atoms with Crippen molar-refractivity contribution in [1.29, 1.82) is 0 Å². The number of nitrogens with zero attached hydrogens (tertiary/aromatic N) is 1. The Kier molecular flexibility index (Phi) is 5.33. The number of thiazole rings is 1. The molecule has 0 saturated carbocycles. The summed E-state index contributed by atoms with van der Waals surface area (Å²) in [6.07, 6.45) is 2.72. The Morgan fingerprint density at radius 3 is 2.79 bits per heavy atom. The van der Waals surface area contributed by atoms with Gasteiger partial charge in [-0.3, -0.25) is 0 Å². The lowest BCUT2D eigenvalue weighted by Crippen LogP contribution is -2.49. The van der Waals surface area contributed by atoms with Gasteiger partial charge in [-0.05, 0) is 19.3 Å². The lowest BCUT2D eigenvalue weighted by atomic mass is 9.87. The van der Waals surface area contributed by atoms with Crippen LogP contribution >= 0.6 is 11.3 Å². The fraction of sp³-hybridized carbons (Fsp3) is 0.786. The standard InChI is InChI=1S/C14H24N2O2S/c1-11(2)13-16-12(10-19-13)9-15-14(3-6-17)4-7-18-8-5-14/h10-11,15,17H,3-9H2,1-2H3. The molecule has 2 heterocycles. The van der Waals surface area contributed by atoms with Gasteiger partial charge in [-0.2, -0.15) is 0 Å². The number of aliphatic hydroxyl groups is 1. The molecule has 1 saturated heterocycles. The molecule has 1 aromatic rings. The summed E-state index contributed by atoms with van der Waals surface area (Å²) >= 11 is 1.73. The molecule has 2 N–H and O–H groups in total. The van der Waals surface area contributed by atoms with Gasteiger partial charge in [0.1, 0.15) is 0 Å². The van der Waals surface area contributed by atoms with Crippen molar-refractivity contribution in [2.45, 2.75) is 51.1 Å². The quantitative estimate of drug-likeness (QED) is 0.841. The van der Waals surface area contributed by atoms with E-state index < -0.39 is 0 Å². The third-order valence-corrected chi connectivity index (χ3v) is 4.94. The van der Waals surface area contributed by atoms with Crippen LogP contribution in [0.1, 0.15) is 49.7 Å². The number of aromatic nitrogens is 1. The summed E-state index contributed by atoms with van der Waals surface area (Å²) in [5.74, 6) is 0.494. The van der Waals surface area contributed by atoms with Crippen molar-refractivity contribution >= 4 is 11.3 Å². The Labute approximate surface area is 119 Å². The summed E-state index contributed by atoms with van der Waals surface area (Å²) in [6.45, 7) is 6.90. The van der Waals surface area contributed by atoms with E-state index in [4.69, 9.17) is 4.74 Å². The zero-order valence-corrected chi connectivity index (χ0v) is 12.6. The predicted molar refractivity (Wildman–Crippen MR) is 77.5 cm³/mol. The van der Waals surface area contributed by atoms with Crippen LogP contribution in [0.25, 0.3) is 0 Å². The van der Waals surface area contributed by atoms with E-state index in [1.807, 2.05) is 0 Å². The van der Waals surface area contributed by atoms with Gasteiger partial charge in [-0.15, -0.1) is 11.3 Å². The first-order chi connectivity index (χ1) is 9.15. The van der Waals surface area contributed by atoms with Crippen LogP contribution < -0.4 is 5.32 Å². The first-order valence-corrected chi connectivity index (χ1v) is 7.91. The Morgan fingerprint density at radius 1 is 1.47 bits per heavy atom. The normalized spacial score (nSPS) is 18.9. The van der Waals surface area contributed by atoms with Crippen LogP contribution in [0.5, 0.6) is 0 Å². The van der Waals surface area contributed by atoms with Gasteiger partial charge >= 0.3 is 0 Å². The van der Waals surface area contributed by atoms with Gasteiger partial charge in [0.05, 0.1) is 10.7 Å². The molecule has 0 spiro atoms. The van der Waals surface area contributed by atoms with Crippen LogP contribution in [0.15, 0.2) is 5.38 Å². The highest BCUT2D eigenvalue weighted by atomic mass is 32.1. The molecule has 1 aliphatic heterocycles. The molecular weight excluding hydrogens is 260 g/mol. The maximum absolute atomic E-state index is 9.26. The molecule has 5 heteroatoms. The summed E-state index contributed by atoms with van der Waals surface area (Å²) in [5.41, 5.74) is 1.13. The number of ether oxygens (including phenoxy) is 1. The fourth-order valence-electron chi connectivity index (χ4n) is 2.44. The number of nitrogens with one attached hydrogen (secondary N) is 1. The van der Waals surface area contributed by atoms with Crippen LogP contribution in [0, 0.1) is 0 Å². The molecule has 0 aliphatic carbocycles. The average molecular weight is 284 g/mol. The van der Waals surface area contributed by atoms with E-state index in [9.17, 15) is 5.11 Å². The molecule has 0 amide bonds. The topological polar surface area (TPSA) is 54.4 Å². The minimum absolute atomic E-state index is 0.0224. The van der Waals surface area contributed by atoms with E-state index in [2.05, 4.69) is 29.5 Å². The number of hydrogen-bond donors (Lipinski definition) is 2. The van der Waals surface area contributed by atoms with E-state index in [-0.39, 0.29) is 12.1 Å². The zero-order chi connectivity index (χ0) is 13.7. The van der Waals surface area contributed by atoms with Crippen molar-refractivity contribution < 1.29 is 9.84 Å². The highest BCUT2D eigenvalue weighted by Gasteiger charge is 2.31. The van der Waals surface area contributed by atoms with E-state index in [1.165, 1.54) is 5.01 Å². The molecule has 1 aromatic heterocycles. The summed E-state index contributed by atoms with van der Waals surface area (Å²) in [4.78, 5) is 4.65. The van der Waals surface area contributed by atoms with Crippen molar-refractivity contribution in [3.8, 4) is 0 Å². The first-order valence-electron chi connectivity index (χ1n) is 7.03. The average Bonchev–Trinajstić information content (AvgIpc) is 2.87. The van der Waals surface area contributed by atoms with Crippen LogP contribution in [0.4, 0.5) is 0 Å². The molecule has 108 valence electrons. The zero-order valence-electron chi connectivity index (χ0n) is 11.8. The van der Waals surface area contributed by atoms with Gasteiger partial charge in [-0.1, -0.05) is 13.8 Å². The highest BCUT2D eigenvalue weighted by Crippen LogP contribution is 2.25. The van der Waals surface area contributed by atoms with Gasteiger partial charge in [0, 0.05) is 43.2 Å². The fourth-order valence-corrected chi connectivity index (χ4v) is 3.27. The Morgan fingerprint density at radius 2 is 2.21 bits per heavy atom. The maximum atomic E-state index is 9.26. The molecule has 1 aliphatic rings. The van der Waals surface area contributed by atoms with Crippen molar-refractivity contribution in [3.05, 3.63) is 16.1 Å². The van der Waals surface area contributed by atoms with Crippen LogP contribution in [-0.2, 0) is 11.3 Å². The first kappa shape index (κ1) is 14.9. The molecule has 0 unspecified atom stereocenters. The molecule has 19 heavy (non-hydrogen) atoms. The summed E-state index contributed by atoms with van der Waals surface area (Å²) in [7, 11) is 0. The van der Waals surface area contributed by atoms with Gasteiger partial charge in [0.25, 0.3) is 0 Å². The van der Waals surface area contributed by atoms with Crippen LogP contribution in [-0.4, -0.2) is 35.5 Å². The third kappa shape index (κ3) is 3.99. The SMILES string of the molecule is CC(C)c1nc(CNC2(CCO)CCOCC2)cs1. The molecule has 0 aromatic carbocycles. The summed E-state index contributed by atoms with van der Waals surface area (Å²) in [6, 6.07) is 0. The van der Waals surface area contributed by atoms with Gasteiger partial charge in [0.2, 0.25) is 0 Å². The van der Waals surface area contributed by atoms with Crippen molar-refractivity contribution in [2.75, 3.05) is 19.8 Å². The second-order valence-corrected chi connectivity index (χ2v) is 6.44. The second-order valence-electron chi connectivity index (χ2n) is 5.55. The van der Waals surface area contributed by atoms with E-state index in [1.54, 1.807) is 11.3 Å². The highest BCUT2D eigenvalue weighted by molar-refractivity contribution is 7.09. The minimum atomic E-state index is 0.0224. The largest absolute Gasteiger partial charge is 0.396 e. The van der Waals surface area contributed by atoms with Gasteiger partial charge < -0.3 is 15.2 Å². The summed E-state index contributed by atoms with van der Waals surface area (Å²) in [5, 5.41) is 16.2. The van der Waals surface area contributed by atoms with Crippen LogP contribution in [0.3, 0.4) is 0 Å². The Hall–Kier alpha value is -0.490. The van der Waals surface area contributed by atoms with Crippen molar-refractivity contribution in [3.63, 3.8) is 0 Å². The molecule has 0 atom stereocenters. The van der Waals surface area contributed by atoms with Gasteiger partial charge in [-0.25, -0.2) is 4.98 Å². The molecule has 2 rings (SSSR count). The molecule has 4 nitrogen and oxygen atoms in total. The summed E-state index contributed by atoms with van der Waals surface area (Å²) < 4.78 is 5.42. The second kappa shape index (κ2) is 6.79. The predicted octanol–water partition coefficient (Wildman–Crippen LogP) is 2.29. The minimum Gasteiger partial charge on any atom is -0.396 e. The maximum Gasteiger partial charge on any atom is 0.0954 e. The molecule has 0 bridgehead atoms. The third-order valence-electron chi connectivity index (χ3n) is 3.75. The number of hydrogen-bond acceptors (Lipinski definition) is 5. The lowest BCUT2D eigenvalue weighted by molar-refractivity contribution is 0.0266. The molecular formula is C14H24N2O2S. The molecule has 0 radical (unpaired) electrons. The Bertz CT molecular complexity index is 381. The van der Waals surface area contributed by atoms with E-state index in [0.717, 1.165) is 44.7 Å². The van der Waals surface area contributed by atoms with E-state index >= 15 is 0 Å². The molecule has 1 fully saturated rings. The smallest absolute Gasteiger partial charge is 0.0954 e. The van der Waals surface area contributed by atoms with Crippen molar-refractivity contribution in [2.24, 2.45) is 0 Å². The number of rotatable bonds is 6. The van der Waals surface area contributed by atoms with Crippen LogP contribution in [0.2, 0.25) is 0 Å². The Balaban J connectivity index is 1.93. The monoisotopic (exact) mass is 284 g/mol. The number of aliphatic hydroxyl groups excluding tert-OH is 1. The van der Waals surface area contributed by atoms with Gasteiger partial charge in [0.15, 0.2) is 0 Å².